The van der Waals surface area contributed by atoms with E-state index in [0.717, 1.165) is 12.5 Å². The Bertz CT molecular complexity index is 950. The molecule has 16 heteroatoms. The molecule has 2 saturated heterocycles. The number of aliphatic hydroxyl groups is 1. The Kier molecular flexibility index (Phi) is 17.9. The fourth-order valence-corrected chi connectivity index (χ4v) is 3.44. The molecular formula is C24H50ClN3O10S2. The average molecular weight is 640 g/mol. The molecule has 1 N–H and O–H groups in total. The number of halogens is 1. The van der Waals surface area contributed by atoms with Gasteiger partial charge in [-0.3, -0.25) is 4.18 Å². The van der Waals surface area contributed by atoms with Crippen LogP contribution in [0.4, 0.5) is 9.59 Å². The van der Waals surface area contributed by atoms with Crippen molar-refractivity contribution in [2.75, 3.05) is 58.3 Å². The van der Waals surface area contributed by atoms with E-state index >= 15 is 0 Å². The molecule has 0 aromatic heterocycles. The van der Waals surface area contributed by atoms with Gasteiger partial charge in [-0.15, -0.1) is 0 Å². The second kappa shape index (κ2) is 17.5. The Labute approximate surface area is 245 Å². The van der Waals surface area contributed by atoms with E-state index in [1.807, 2.05) is 20.8 Å². The second-order valence-corrected chi connectivity index (χ2v) is 15.8. The Morgan fingerprint density at radius 2 is 1.10 bits per heavy atom. The highest BCUT2D eigenvalue weighted by Crippen LogP contribution is 2.18. The number of hydrogen-bond donors (Lipinski definition) is 1. The third kappa shape index (κ3) is 24.4. The van der Waals surface area contributed by atoms with E-state index in [0.29, 0.717) is 13.1 Å². The number of β-amino-alcohol motifs (C(OH)–C–C–N with tert-alkyl or cyclic N) is 1. The molecule has 2 aliphatic rings. The quantitative estimate of drug-likeness (QED) is 0.348. The van der Waals surface area contributed by atoms with Gasteiger partial charge in [0.25, 0.3) is 10.1 Å². The maximum atomic E-state index is 11.5. The van der Waals surface area contributed by atoms with Crippen molar-refractivity contribution >= 4 is 42.0 Å². The fourth-order valence-electron chi connectivity index (χ4n) is 2.82. The summed E-state index contributed by atoms with van der Waals surface area (Å²) < 4.78 is 55.2. The molecule has 40 heavy (non-hydrogen) atoms. The molecule has 0 aromatic rings. The minimum Gasteiger partial charge on any atom is -0.444 e. The third-order valence-corrected chi connectivity index (χ3v) is 5.29. The molecule has 0 unspecified atom stereocenters. The molecule has 0 radical (unpaired) electrons. The van der Waals surface area contributed by atoms with Gasteiger partial charge < -0.3 is 29.3 Å². The van der Waals surface area contributed by atoms with E-state index in [1.54, 1.807) is 20.8 Å². The van der Waals surface area contributed by atoms with Crippen LogP contribution in [0.5, 0.6) is 0 Å². The van der Waals surface area contributed by atoms with Gasteiger partial charge in [-0.05, 0) is 61.2 Å². The third-order valence-electron chi connectivity index (χ3n) is 4.67. The first-order chi connectivity index (χ1) is 17.8. The summed E-state index contributed by atoms with van der Waals surface area (Å²) in [5.41, 5.74) is -0.989. The van der Waals surface area contributed by atoms with Gasteiger partial charge in [0.15, 0.2) is 0 Å². The van der Waals surface area contributed by atoms with Crippen LogP contribution >= 0.6 is 10.7 Å². The van der Waals surface area contributed by atoms with Crippen molar-refractivity contribution in [3.63, 3.8) is 0 Å². The summed E-state index contributed by atoms with van der Waals surface area (Å²) in [6.07, 6.45) is 0.325. The van der Waals surface area contributed by atoms with E-state index in [1.165, 1.54) is 29.4 Å². The van der Waals surface area contributed by atoms with E-state index in [9.17, 15) is 26.4 Å². The molecular weight excluding hydrogens is 590 g/mol. The number of amides is 2. The van der Waals surface area contributed by atoms with E-state index in [4.69, 9.17) is 18.8 Å². The second-order valence-electron chi connectivity index (χ2n) is 11.1. The lowest BCUT2D eigenvalue weighted by Crippen LogP contribution is -2.56. The van der Waals surface area contributed by atoms with Crippen LogP contribution in [0.2, 0.25) is 0 Å². The van der Waals surface area contributed by atoms with Gasteiger partial charge in [0, 0.05) is 10.7 Å². The minimum absolute atomic E-state index is 0.252. The Morgan fingerprint density at radius 1 is 0.800 bits per heavy atom. The van der Waals surface area contributed by atoms with Crippen LogP contribution in [0.15, 0.2) is 0 Å². The molecule has 2 heterocycles. The largest absolute Gasteiger partial charge is 0.444 e. The van der Waals surface area contributed by atoms with Gasteiger partial charge in [0.05, 0.1) is 44.8 Å². The molecule has 13 nitrogen and oxygen atoms in total. The lowest BCUT2D eigenvalue weighted by molar-refractivity contribution is -0.0303. The van der Waals surface area contributed by atoms with Crippen molar-refractivity contribution in [1.29, 1.82) is 0 Å². The van der Waals surface area contributed by atoms with Crippen molar-refractivity contribution in [1.82, 2.24) is 14.7 Å². The number of rotatable bonds is 5. The summed E-state index contributed by atoms with van der Waals surface area (Å²) in [5.74, 6) is 0. The maximum Gasteiger partial charge on any atom is 0.410 e. The monoisotopic (exact) mass is 639 g/mol. The lowest BCUT2D eigenvalue weighted by Gasteiger charge is -2.38. The van der Waals surface area contributed by atoms with Crippen LogP contribution in [0, 0.1) is 0 Å². The van der Waals surface area contributed by atoms with Gasteiger partial charge in [-0.2, -0.15) is 8.42 Å². The molecule has 2 amide bonds. The summed E-state index contributed by atoms with van der Waals surface area (Å²) in [4.78, 5) is 27.9. The Hall–Kier alpha value is -1.39. The Balaban J connectivity index is 0. The summed E-state index contributed by atoms with van der Waals surface area (Å²) >= 11 is 0. The Morgan fingerprint density at radius 3 is 1.30 bits per heavy atom. The van der Waals surface area contributed by atoms with Gasteiger partial charge in [0.1, 0.15) is 17.3 Å². The van der Waals surface area contributed by atoms with Crippen LogP contribution < -0.4 is 0 Å². The van der Waals surface area contributed by atoms with Gasteiger partial charge in [-0.25, -0.2) is 18.0 Å². The summed E-state index contributed by atoms with van der Waals surface area (Å²) in [7, 11) is -2.14. The average Bonchev–Trinajstić information content (AvgIpc) is 2.65. The maximum absolute atomic E-state index is 11.5. The highest BCUT2D eigenvalue weighted by atomic mass is 35.7. The first-order valence-corrected chi connectivity index (χ1v) is 17.5. The van der Waals surface area contributed by atoms with E-state index in [-0.39, 0.29) is 25.3 Å². The zero-order chi connectivity index (χ0) is 32.1. The fraction of sp³-hybridized carbons (Fsp3) is 0.917. The topological polar surface area (TPSA) is 160 Å². The highest BCUT2D eigenvalue weighted by molar-refractivity contribution is 8.13. The van der Waals surface area contributed by atoms with E-state index in [2.05, 4.69) is 36.4 Å². The summed E-state index contributed by atoms with van der Waals surface area (Å²) in [6, 6.07) is 0. The lowest BCUT2D eigenvalue weighted by atomic mass is 10.2. The molecule has 0 aromatic carbocycles. The molecule has 2 rings (SSSR count). The number of nitrogens with zero attached hydrogens (tertiary/aromatic N) is 3. The van der Waals surface area contributed by atoms with Crippen molar-refractivity contribution in [3.05, 3.63) is 0 Å². The predicted molar refractivity (Wildman–Crippen MR) is 155 cm³/mol. The number of likely N-dealkylation sites (tertiary alicyclic amines) is 2. The van der Waals surface area contributed by atoms with Crippen molar-refractivity contribution in [2.24, 2.45) is 0 Å². The first kappa shape index (κ1) is 40.7. The number of carbonyl (C=O) groups excluding carboxylic acids is 2. The van der Waals surface area contributed by atoms with Crippen molar-refractivity contribution in [2.45, 2.75) is 85.7 Å². The number of ether oxygens (including phenoxy) is 2. The highest BCUT2D eigenvalue weighted by Gasteiger charge is 2.36. The molecule has 0 spiro atoms. The molecule has 2 aliphatic heterocycles. The molecule has 2 fully saturated rings. The predicted octanol–water partition coefficient (Wildman–Crippen LogP) is 2.71. The van der Waals surface area contributed by atoms with Crippen LogP contribution in [0.3, 0.4) is 0 Å². The summed E-state index contributed by atoms with van der Waals surface area (Å²) in [5, 5.41) is 8.92. The SMILES string of the molecule is CC(C)(C)OC(=O)N1CC(O)C1.CC(C)(C)OC(=O)N1CC(OS(C)(=O)=O)C1.CCN(CC)CC.CS(=O)(=O)Cl. The van der Waals surface area contributed by atoms with Gasteiger partial charge in [0.2, 0.25) is 9.05 Å². The molecule has 240 valence electrons. The number of hydrogen-bond acceptors (Lipinski definition) is 11. The molecule has 0 aliphatic carbocycles. The minimum atomic E-state index is -3.45. The normalized spacial score (nSPS) is 16.1. The summed E-state index contributed by atoms with van der Waals surface area (Å²) in [6.45, 7) is 22.2. The van der Waals surface area contributed by atoms with E-state index < -0.39 is 42.6 Å². The van der Waals surface area contributed by atoms with Gasteiger partial charge >= 0.3 is 12.2 Å². The van der Waals surface area contributed by atoms with Crippen LogP contribution in [-0.4, -0.2) is 131 Å². The first-order valence-electron chi connectivity index (χ1n) is 12.9. The molecule has 0 atom stereocenters. The standard InChI is InChI=1S/C9H17NO5S.C8H15NO3.C6H15N.CH3ClO2S/c1-9(2,3)14-8(11)10-5-7(6-10)15-16(4,12)13;1-8(2,3)12-7(11)9-4-6(10)5-9;1-4-7(5-2)6-3;1-5(2,3)4/h7H,5-6H2,1-4H3;6,10H,4-5H2,1-3H3;4-6H2,1-3H3;1H3. The van der Waals surface area contributed by atoms with Crippen LogP contribution in [0.25, 0.3) is 0 Å². The van der Waals surface area contributed by atoms with Crippen LogP contribution in [0.1, 0.15) is 62.3 Å². The zero-order valence-electron chi connectivity index (χ0n) is 25.8. The smallest absolute Gasteiger partial charge is 0.410 e. The number of aliphatic hydroxyl groups excluding tert-OH is 1. The number of carbonyl (C=O) groups is 2. The molecule has 0 saturated carbocycles. The van der Waals surface area contributed by atoms with Crippen molar-refractivity contribution < 1.29 is 45.2 Å². The molecule has 0 bridgehead atoms. The zero-order valence-corrected chi connectivity index (χ0v) is 28.2. The van der Waals surface area contributed by atoms with Crippen molar-refractivity contribution in [3.8, 4) is 0 Å². The van der Waals surface area contributed by atoms with Crippen LogP contribution in [-0.2, 0) is 32.8 Å². The van der Waals surface area contributed by atoms with Gasteiger partial charge in [-0.1, -0.05) is 20.8 Å².